The van der Waals surface area contributed by atoms with E-state index in [9.17, 15) is 33.9 Å². The van der Waals surface area contributed by atoms with E-state index < -0.39 is 78.7 Å². The van der Waals surface area contributed by atoms with E-state index in [0.29, 0.717) is 0 Å². The zero-order valence-electron chi connectivity index (χ0n) is 18.8. The van der Waals surface area contributed by atoms with Crippen LogP contribution in [0.3, 0.4) is 0 Å². The summed E-state index contributed by atoms with van der Waals surface area (Å²) >= 11 is 0. The second kappa shape index (κ2) is 15.0. The lowest BCUT2D eigenvalue weighted by atomic mass is 10.1. The maximum atomic E-state index is 12.7. The van der Waals surface area contributed by atoms with Gasteiger partial charge in [0, 0.05) is 6.54 Å². The lowest BCUT2D eigenvalue weighted by Gasteiger charge is -2.26. The molecule has 0 fully saturated rings. The molecular weight excluding hydrogens is 474 g/mol. The summed E-state index contributed by atoms with van der Waals surface area (Å²) in [5, 5.41) is 42.9. The molecule has 5 unspecified atom stereocenters. The van der Waals surface area contributed by atoms with E-state index in [2.05, 4.69) is 15.6 Å². The van der Waals surface area contributed by atoms with E-state index in [1.807, 2.05) is 5.32 Å². The van der Waals surface area contributed by atoms with E-state index in [1.54, 1.807) is 0 Å². The summed E-state index contributed by atoms with van der Waals surface area (Å²) in [6, 6.07) is -6.45. The second-order valence-corrected chi connectivity index (χ2v) is 7.44. The van der Waals surface area contributed by atoms with Crippen molar-refractivity contribution in [1.82, 2.24) is 16.0 Å². The molecule has 35 heavy (non-hydrogen) atoms. The number of hydrogen-bond donors (Lipinski definition) is 10. The Morgan fingerprint density at radius 1 is 0.829 bits per heavy atom. The molecule has 13 N–H and O–H groups in total. The van der Waals surface area contributed by atoms with Gasteiger partial charge in [-0.15, -0.1) is 0 Å². The number of nitrogens with one attached hydrogen (secondary N) is 3. The van der Waals surface area contributed by atoms with Crippen molar-refractivity contribution in [2.75, 3.05) is 6.54 Å². The first-order valence-electron chi connectivity index (χ1n) is 10.2. The quantitative estimate of drug-likeness (QED) is 0.0535. The largest absolute Gasteiger partial charge is 0.481 e. The van der Waals surface area contributed by atoms with Crippen molar-refractivity contribution < 1.29 is 49.2 Å². The summed E-state index contributed by atoms with van der Waals surface area (Å²) in [7, 11) is 0. The molecule has 0 aromatic carbocycles. The number of guanidine groups is 1. The summed E-state index contributed by atoms with van der Waals surface area (Å²) in [5.74, 6) is -7.95. The fourth-order valence-corrected chi connectivity index (χ4v) is 2.63. The molecule has 0 saturated heterocycles. The van der Waals surface area contributed by atoms with Crippen molar-refractivity contribution in [3.8, 4) is 0 Å². The minimum atomic E-state index is -1.81. The Morgan fingerprint density at radius 2 is 1.37 bits per heavy atom. The summed E-state index contributed by atoms with van der Waals surface area (Å²) in [6.07, 6.45) is -3.24. The standard InChI is InChI=1S/C18H31N7O10/c1-7(26)13(25-14(31)8(19)5-11(27)28)16(33)23-9(3-2-4-22-18(20)21)15(32)24-10(17(34)35)6-12(29)30/h7-10,13,26H,2-6,19H2,1H3,(H,23,33)(H,24,32)(H,25,31)(H,27,28)(H,29,30)(H,34,35)(H4,20,21,22). The van der Waals surface area contributed by atoms with Gasteiger partial charge >= 0.3 is 17.9 Å². The highest BCUT2D eigenvalue weighted by molar-refractivity contribution is 5.95. The van der Waals surface area contributed by atoms with Crippen LogP contribution in [0.15, 0.2) is 4.99 Å². The molecule has 17 heteroatoms. The summed E-state index contributed by atoms with van der Waals surface area (Å²) in [6.45, 7) is 1.16. The molecule has 5 atom stereocenters. The van der Waals surface area contributed by atoms with Gasteiger partial charge in [0.1, 0.15) is 18.1 Å². The summed E-state index contributed by atoms with van der Waals surface area (Å²) in [5.41, 5.74) is 15.9. The predicted molar refractivity (Wildman–Crippen MR) is 118 cm³/mol. The maximum absolute atomic E-state index is 12.7. The van der Waals surface area contributed by atoms with Crippen LogP contribution in [0.5, 0.6) is 0 Å². The van der Waals surface area contributed by atoms with Crippen molar-refractivity contribution in [2.24, 2.45) is 22.2 Å². The molecule has 0 rings (SSSR count). The number of carboxylic acid groups (broad SMARTS) is 3. The van der Waals surface area contributed by atoms with Crippen molar-refractivity contribution >= 4 is 41.6 Å². The molecule has 0 aromatic heterocycles. The Kier molecular flexibility index (Phi) is 13.3. The molecule has 198 valence electrons. The highest BCUT2D eigenvalue weighted by Crippen LogP contribution is 2.04. The van der Waals surface area contributed by atoms with Gasteiger partial charge in [0.05, 0.1) is 25.0 Å². The van der Waals surface area contributed by atoms with Crippen LogP contribution in [0, 0.1) is 0 Å². The number of amides is 3. The van der Waals surface area contributed by atoms with E-state index >= 15 is 0 Å². The number of rotatable bonds is 16. The van der Waals surface area contributed by atoms with Gasteiger partial charge in [-0.05, 0) is 19.8 Å². The fourth-order valence-electron chi connectivity index (χ4n) is 2.63. The zero-order valence-corrected chi connectivity index (χ0v) is 18.8. The van der Waals surface area contributed by atoms with Crippen LogP contribution in [-0.2, 0) is 28.8 Å². The number of aliphatic carboxylic acids is 3. The third kappa shape index (κ3) is 12.7. The first kappa shape index (κ1) is 31.0. The molecule has 3 amide bonds. The Morgan fingerprint density at radius 3 is 1.83 bits per heavy atom. The van der Waals surface area contributed by atoms with Gasteiger partial charge in [-0.2, -0.15) is 0 Å². The first-order valence-corrected chi connectivity index (χ1v) is 10.2. The molecular formula is C18H31N7O10. The topological polar surface area (TPSA) is 310 Å². The molecule has 0 aromatic rings. The molecule has 0 spiro atoms. The van der Waals surface area contributed by atoms with Gasteiger partial charge < -0.3 is 53.6 Å². The zero-order chi connectivity index (χ0) is 27.3. The van der Waals surface area contributed by atoms with Crippen LogP contribution >= 0.6 is 0 Å². The van der Waals surface area contributed by atoms with E-state index in [4.69, 9.17) is 32.5 Å². The lowest BCUT2D eigenvalue weighted by molar-refractivity contribution is -0.147. The van der Waals surface area contributed by atoms with Crippen LogP contribution in [0.2, 0.25) is 0 Å². The van der Waals surface area contributed by atoms with E-state index in [1.165, 1.54) is 0 Å². The number of aliphatic imine (C=N–C) groups is 1. The first-order chi connectivity index (χ1) is 16.1. The highest BCUT2D eigenvalue weighted by atomic mass is 16.4. The monoisotopic (exact) mass is 505 g/mol. The average Bonchev–Trinajstić information content (AvgIpc) is 2.71. The number of carboxylic acids is 3. The van der Waals surface area contributed by atoms with Gasteiger partial charge in [-0.1, -0.05) is 0 Å². The van der Waals surface area contributed by atoms with Gasteiger partial charge in [-0.25, -0.2) is 4.79 Å². The average molecular weight is 505 g/mol. The van der Waals surface area contributed by atoms with Gasteiger partial charge in [0.2, 0.25) is 17.7 Å². The number of aliphatic hydroxyl groups is 1. The Balaban J connectivity index is 5.60. The third-order valence-electron chi connectivity index (χ3n) is 4.37. The Bertz CT molecular complexity index is 828. The number of carbonyl (C=O) groups excluding carboxylic acids is 3. The predicted octanol–water partition coefficient (Wildman–Crippen LogP) is -4.76. The number of hydrogen-bond acceptors (Lipinski definition) is 9. The lowest BCUT2D eigenvalue weighted by Crippen LogP contribution is -2.60. The third-order valence-corrected chi connectivity index (χ3v) is 4.37. The van der Waals surface area contributed by atoms with Gasteiger partial charge in [-0.3, -0.25) is 29.0 Å². The molecule has 0 aliphatic carbocycles. The van der Waals surface area contributed by atoms with E-state index in [-0.39, 0.29) is 25.3 Å². The normalized spacial score (nSPS) is 14.8. The number of nitrogens with two attached hydrogens (primary N) is 3. The molecule has 0 heterocycles. The summed E-state index contributed by atoms with van der Waals surface area (Å²) in [4.78, 5) is 74.0. The molecule has 17 nitrogen and oxygen atoms in total. The minimum Gasteiger partial charge on any atom is -0.481 e. The number of aliphatic hydroxyl groups excluding tert-OH is 1. The smallest absolute Gasteiger partial charge is 0.326 e. The Labute approximate surface area is 199 Å². The van der Waals surface area contributed by atoms with Crippen LogP contribution in [-0.4, -0.2) is 98.8 Å². The van der Waals surface area contributed by atoms with Crippen LogP contribution in [0.25, 0.3) is 0 Å². The van der Waals surface area contributed by atoms with Crippen molar-refractivity contribution in [1.29, 1.82) is 0 Å². The van der Waals surface area contributed by atoms with E-state index in [0.717, 1.165) is 6.92 Å². The highest BCUT2D eigenvalue weighted by Gasteiger charge is 2.33. The van der Waals surface area contributed by atoms with Gasteiger partial charge in [0.15, 0.2) is 5.96 Å². The van der Waals surface area contributed by atoms with Crippen LogP contribution < -0.4 is 33.2 Å². The molecule has 0 aliphatic heterocycles. The fraction of sp³-hybridized carbons (Fsp3) is 0.611. The summed E-state index contributed by atoms with van der Waals surface area (Å²) < 4.78 is 0. The second-order valence-electron chi connectivity index (χ2n) is 7.44. The van der Waals surface area contributed by atoms with Crippen LogP contribution in [0.4, 0.5) is 0 Å². The number of nitrogens with zero attached hydrogens (tertiary/aromatic N) is 1. The Hall–Kier alpha value is -3.99. The van der Waals surface area contributed by atoms with Crippen molar-refractivity contribution in [3.05, 3.63) is 0 Å². The van der Waals surface area contributed by atoms with Crippen molar-refractivity contribution in [3.63, 3.8) is 0 Å². The SMILES string of the molecule is CC(O)C(NC(=O)C(N)CC(=O)O)C(=O)NC(CCCN=C(N)N)C(=O)NC(CC(=O)O)C(=O)O. The molecule has 0 radical (unpaired) electrons. The van der Waals surface area contributed by atoms with Crippen molar-refractivity contribution in [2.45, 2.75) is 62.9 Å². The molecule has 0 saturated carbocycles. The van der Waals surface area contributed by atoms with Gasteiger partial charge in [0.25, 0.3) is 0 Å². The molecule has 0 bridgehead atoms. The van der Waals surface area contributed by atoms with Crippen LogP contribution in [0.1, 0.15) is 32.6 Å². The number of carbonyl (C=O) groups is 6. The maximum Gasteiger partial charge on any atom is 0.326 e. The molecule has 0 aliphatic rings. The minimum absolute atomic E-state index is 0.0279.